The summed E-state index contributed by atoms with van der Waals surface area (Å²) in [4.78, 5) is 26.0. The van der Waals surface area contributed by atoms with Crippen LogP contribution in [-0.2, 0) is 14.3 Å². The number of allylic oxidation sites excluding steroid dienone is 3. The second-order valence-electron chi connectivity index (χ2n) is 7.69. The van der Waals surface area contributed by atoms with E-state index in [2.05, 4.69) is 5.32 Å². The van der Waals surface area contributed by atoms with Gasteiger partial charge >= 0.3 is 5.97 Å². The van der Waals surface area contributed by atoms with Crippen LogP contribution >= 0.6 is 0 Å². The number of esters is 1. The molecule has 1 aliphatic carbocycles. The zero-order valence-electron chi connectivity index (χ0n) is 17.4. The molecule has 0 radical (unpaired) electrons. The third kappa shape index (κ3) is 3.52. The molecular weight excluding hydrogens is 378 g/mol. The van der Waals surface area contributed by atoms with Gasteiger partial charge < -0.3 is 14.8 Å². The second-order valence-corrected chi connectivity index (χ2v) is 7.69. The van der Waals surface area contributed by atoms with E-state index in [0.29, 0.717) is 24.0 Å². The average Bonchev–Trinajstić information content (AvgIpc) is 2.78. The molecular formula is C25H25NO4. The highest BCUT2D eigenvalue weighted by molar-refractivity contribution is 6.04. The Balaban J connectivity index is 1.76. The molecule has 0 unspecified atom stereocenters. The van der Waals surface area contributed by atoms with Crippen molar-refractivity contribution in [2.75, 3.05) is 14.2 Å². The Hall–Kier alpha value is -3.34. The molecule has 0 aromatic heterocycles. The normalized spacial score (nSPS) is 21.1. The van der Waals surface area contributed by atoms with Crippen LogP contribution in [0.1, 0.15) is 42.7 Å². The quantitative estimate of drug-likeness (QED) is 0.774. The van der Waals surface area contributed by atoms with Crippen molar-refractivity contribution in [3.8, 4) is 5.75 Å². The number of nitrogens with one attached hydrogen (secondary N) is 1. The zero-order valence-corrected chi connectivity index (χ0v) is 17.4. The molecule has 0 bridgehead atoms. The first-order chi connectivity index (χ1) is 14.5. The molecule has 0 fully saturated rings. The number of rotatable bonds is 4. The van der Waals surface area contributed by atoms with Gasteiger partial charge in [0.2, 0.25) is 0 Å². The molecule has 4 rings (SSSR count). The Morgan fingerprint density at radius 2 is 1.67 bits per heavy atom. The monoisotopic (exact) mass is 403 g/mol. The fourth-order valence-corrected chi connectivity index (χ4v) is 4.51. The van der Waals surface area contributed by atoms with Crippen LogP contribution in [0.5, 0.6) is 5.75 Å². The summed E-state index contributed by atoms with van der Waals surface area (Å²) in [6, 6.07) is 17.6. The molecule has 5 nitrogen and oxygen atoms in total. The van der Waals surface area contributed by atoms with E-state index < -0.39 is 11.9 Å². The highest BCUT2D eigenvalue weighted by Gasteiger charge is 2.41. The van der Waals surface area contributed by atoms with Crippen LogP contribution < -0.4 is 10.1 Å². The summed E-state index contributed by atoms with van der Waals surface area (Å²) in [6.07, 6.45) is 1.12. The van der Waals surface area contributed by atoms with E-state index in [-0.39, 0.29) is 11.7 Å². The van der Waals surface area contributed by atoms with E-state index in [4.69, 9.17) is 9.47 Å². The van der Waals surface area contributed by atoms with Gasteiger partial charge in [-0.1, -0.05) is 42.5 Å². The van der Waals surface area contributed by atoms with Crippen LogP contribution in [0, 0.1) is 0 Å². The molecule has 2 atom stereocenters. The van der Waals surface area contributed by atoms with Crippen LogP contribution in [0.25, 0.3) is 0 Å². The lowest BCUT2D eigenvalue weighted by Crippen LogP contribution is -2.36. The molecule has 5 heteroatoms. The minimum atomic E-state index is -0.417. The van der Waals surface area contributed by atoms with Crippen LogP contribution in [0.4, 0.5) is 0 Å². The summed E-state index contributed by atoms with van der Waals surface area (Å²) >= 11 is 0. The summed E-state index contributed by atoms with van der Waals surface area (Å²) in [6.45, 7) is 1.87. The number of ether oxygens (including phenoxy) is 2. The fraction of sp³-hybridized carbons (Fsp3) is 0.280. The number of carbonyl (C=O) groups is 2. The van der Waals surface area contributed by atoms with Gasteiger partial charge in [-0.15, -0.1) is 0 Å². The van der Waals surface area contributed by atoms with Gasteiger partial charge in [0.15, 0.2) is 5.78 Å². The van der Waals surface area contributed by atoms with Gasteiger partial charge in [-0.25, -0.2) is 4.79 Å². The van der Waals surface area contributed by atoms with Crippen molar-refractivity contribution in [2.24, 2.45) is 0 Å². The summed E-state index contributed by atoms with van der Waals surface area (Å²) in [7, 11) is 3.01. The van der Waals surface area contributed by atoms with Gasteiger partial charge in [0.1, 0.15) is 5.75 Å². The molecule has 2 aromatic carbocycles. The van der Waals surface area contributed by atoms with E-state index in [0.717, 1.165) is 28.3 Å². The van der Waals surface area contributed by atoms with Crippen molar-refractivity contribution in [1.29, 1.82) is 0 Å². The Kier molecular flexibility index (Phi) is 5.44. The van der Waals surface area contributed by atoms with Crippen LogP contribution in [-0.4, -0.2) is 26.0 Å². The van der Waals surface area contributed by atoms with Crippen molar-refractivity contribution in [2.45, 2.75) is 31.6 Å². The van der Waals surface area contributed by atoms with Gasteiger partial charge in [0.25, 0.3) is 0 Å². The Bertz CT molecular complexity index is 1030. The number of Topliss-reactive ketones (excluding diaryl/α,β-unsaturated/α-hetero) is 1. The molecule has 0 saturated carbocycles. The van der Waals surface area contributed by atoms with Crippen molar-refractivity contribution in [3.05, 3.63) is 88.3 Å². The standard InChI is InChI=1S/C25H25NO4/c1-15-22(25(28)30-3)23(17-7-5-4-6-8-17)24-20(26-15)13-18(14-21(24)27)16-9-11-19(29-2)12-10-16/h4-12,18,23,26H,13-14H2,1-3H3/t18-,23+/m0/s1. The predicted molar refractivity (Wildman–Crippen MR) is 114 cm³/mol. The van der Waals surface area contributed by atoms with E-state index in [1.54, 1.807) is 7.11 Å². The molecule has 154 valence electrons. The first-order valence-corrected chi connectivity index (χ1v) is 10.0. The number of hydrogen-bond donors (Lipinski definition) is 1. The van der Waals surface area contributed by atoms with E-state index in [9.17, 15) is 9.59 Å². The maximum absolute atomic E-state index is 13.4. The summed E-state index contributed by atoms with van der Waals surface area (Å²) in [5.74, 6) is 0.109. The van der Waals surface area contributed by atoms with E-state index in [1.807, 2.05) is 61.5 Å². The molecule has 1 heterocycles. The average molecular weight is 403 g/mol. The first kappa shape index (κ1) is 20.0. The molecule has 0 amide bonds. The van der Waals surface area contributed by atoms with Crippen LogP contribution in [0.2, 0.25) is 0 Å². The molecule has 30 heavy (non-hydrogen) atoms. The van der Waals surface area contributed by atoms with Gasteiger partial charge in [-0.3, -0.25) is 4.79 Å². The maximum atomic E-state index is 13.4. The number of ketones is 1. The summed E-state index contributed by atoms with van der Waals surface area (Å²) < 4.78 is 10.3. The molecule has 2 aromatic rings. The summed E-state index contributed by atoms with van der Waals surface area (Å²) in [5.41, 5.74) is 4.83. The highest BCUT2D eigenvalue weighted by Crippen LogP contribution is 2.45. The fourth-order valence-electron chi connectivity index (χ4n) is 4.51. The minimum absolute atomic E-state index is 0.0623. The Labute approximate surface area is 176 Å². The number of carbonyl (C=O) groups excluding carboxylic acids is 2. The molecule has 2 aliphatic rings. The Morgan fingerprint density at radius 1 is 0.967 bits per heavy atom. The molecule has 0 saturated heterocycles. The lowest BCUT2D eigenvalue weighted by atomic mass is 9.72. The number of benzene rings is 2. The van der Waals surface area contributed by atoms with Gasteiger partial charge in [-0.2, -0.15) is 0 Å². The van der Waals surface area contributed by atoms with E-state index in [1.165, 1.54) is 7.11 Å². The first-order valence-electron chi connectivity index (χ1n) is 10.0. The molecule has 1 N–H and O–H groups in total. The third-order valence-electron chi connectivity index (χ3n) is 5.95. The minimum Gasteiger partial charge on any atom is -0.497 e. The Morgan fingerprint density at radius 3 is 2.30 bits per heavy atom. The predicted octanol–water partition coefficient (Wildman–Crippen LogP) is 4.23. The van der Waals surface area contributed by atoms with E-state index >= 15 is 0 Å². The van der Waals surface area contributed by atoms with Gasteiger partial charge in [0, 0.05) is 29.3 Å². The SMILES string of the molecule is COC(=O)C1=C(C)NC2=C(C(=O)C[C@@H](c3ccc(OC)cc3)C2)[C@@H]1c1ccccc1. The second kappa shape index (κ2) is 8.19. The lowest BCUT2D eigenvalue weighted by molar-refractivity contribution is -0.136. The highest BCUT2D eigenvalue weighted by atomic mass is 16.5. The van der Waals surface area contributed by atoms with Crippen molar-refractivity contribution < 1.29 is 19.1 Å². The lowest BCUT2D eigenvalue weighted by Gasteiger charge is -2.36. The van der Waals surface area contributed by atoms with Crippen LogP contribution in [0.3, 0.4) is 0 Å². The van der Waals surface area contributed by atoms with Crippen molar-refractivity contribution in [3.63, 3.8) is 0 Å². The topological polar surface area (TPSA) is 64.6 Å². The van der Waals surface area contributed by atoms with Gasteiger partial charge in [0.05, 0.1) is 19.8 Å². The number of methoxy groups -OCH3 is 2. The maximum Gasteiger partial charge on any atom is 0.336 e. The largest absolute Gasteiger partial charge is 0.497 e. The number of hydrogen-bond acceptors (Lipinski definition) is 5. The van der Waals surface area contributed by atoms with Crippen molar-refractivity contribution in [1.82, 2.24) is 5.32 Å². The molecule has 1 aliphatic heterocycles. The van der Waals surface area contributed by atoms with Crippen molar-refractivity contribution >= 4 is 11.8 Å². The smallest absolute Gasteiger partial charge is 0.336 e. The molecule has 0 spiro atoms. The van der Waals surface area contributed by atoms with Gasteiger partial charge in [-0.05, 0) is 42.5 Å². The zero-order chi connectivity index (χ0) is 21.3. The summed E-state index contributed by atoms with van der Waals surface area (Å²) in [5, 5.41) is 3.35. The third-order valence-corrected chi connectivity index (χ3v) is 5.95. The number of dihydropyridines is 1. The van der Waals surface area contributed by atoms with Crippen LogP contribution in [0.15, 0.2) is 77.1 Å².